The third-order valence-electron chi connectivity index (χ3n) is 2.73. The number of rotatable bonds is 5. The zero-order chi connectivity index (χ0) is 13.9. The predicted octanol–water partition coefficient (Wildman–Crippen LogP) is 2.64. The molecule has 0 aliphatic carbocycles. The quantitative estimate of drug-likeness (QED) is 0.863. The summed E-state index contributed by atoms with van der Waals surface area (Å²) in [5.41, 5.74) is 1.10. The standard InChI is InChI=1S/C13H22N2O2S/c1-8(2)11(12(16)17)14-6-10-15-9(7-18-10)13(3,4)5/h7-8,11,14H,6H2,1-5H3,(H,16,17). The van der Waals surface area contributed by atoms with E-state index < -0.39 is 12.0 Å². The van der Waals surface area contributed by atoms with E-state index in [4.69, 9.17) is 5.11 Å². The topological polar surface area (TPSA) is 62.2 Å². The van der Waals surface area contributed by atoms with Crippen LogP contribution in [0, 0.1) is 5.92 Å². The van der Waals surface area contributed by atoms with Gasteiger partial charge < -0.3 is 5.11 Å². The van der Waals surface area contributed by atoms with Gasteiger partial charge >= 0.3 is 5.97 Å². The number of carbonyl (C=O) groups is 1. The van der Waals surface area contributed by atoms with Gasteiger partial charge in [0.25, 0.3) is 0 Å². The molecule has 1 heterocycles. The van der Waals surface area contributed by atoms with E-state index in [0.717, 1.165) is 10.7 Å². The van der Waals surface area contributed by atoms with Crippen LogP contribution < -0.4 is 5.32 Å². The number of hydrogen-bond donors (Lipinski definition) is 2. The van der Waals surface area contributed by atoms with Gasteiger partial charge in [-0.1, -0.05) is 34.6 Å². The third-order valence-corrected chi connectivity index (χ3v) is 3.57. The molecule has 5 heteroatoms. The Labute approximate surface area is 112 Å². The van der Waals surface area contributed by atoms with E-state index >= 15 is 0 Å². The van der Waals surface area contributed by atoms with E-state index in [2.05, 4.69) is 31.1 Å². The molecular weight excluding hydrogens is 248 g/mol. The minimum Gasteiger partial charge on any atom is -0.480 e. The minimum absolute atomic E-state index is 0.0407. The van der Waals surface area contributed by atoms with E-state index in [-0.39, 0.29) is 11.3 Å². The van der Waals surface area contributed by atoms with Crippen molar-refractivity contribution in [2.75, 3.05) is 0 Å². The fraction of sp³-hybridized carbons (Fsp3) is 0.692. The lowest BCUT2D eigenvalue weighted by molar-refractivity contribution is -0.140. The number of carboxylic acid groups (broad SMARTS) is 1. The molecule has 0 saturated heterocycles. The Morgan fingerprint density at radius 3 is 2.50 bits per heavy atom. The maximum Gasteiger partial charge on any atom is 0.320 e. The van der Waals surface area contributed by atoms with Gasteiger partial charge in [0.1, 0.15) is 11.0 Å². The molecule has 0 radical (unpaired) electrons. The summed E-state index contributed by atoms with van der Waals surface area (Å²) in [5, 5.41) is 15.1. The van der Waals surface area contributed by atoms with Crippen molar-refractivity contribution < 1.29 is 9.90 Å². The lowest BCUT2D eigenvalue weighted by atomic mass is 9.93. The van der Waals surface area contributed by atoms with Gasteiger partial charge in [-0.05, 0) is 5.92 Å². The average Bonchev–Trinajstić information content (AvgIpc) is 2.64. The van der Waals surface area contributed by atoms with Gasteiger partial charge in [-0.25, -0.2) is 4.98 Å². The summed E-state index contributed by atoms with van der Waals surface area (Å²) in [6, 6.07) is -0.521. The van der Waals surface area contributed by atoms with E-state index in [1.807, 2.05) is 19.2 Å². The number of aliphatic carboxylic acids is 1. The van der Waals surface area contributed by atoms with Crippen LogP contribution in [0.25, 0.3) is 0 Å². The molecule has 1 atom stereocenters. The van der Waals surface area contributed by atoms with Gasteiger partial charge in [0.05, 0.1) is 5.69 Å². The molecular formula is C13H22N2O2S. The van der Waals surface area contributed by atoms with Crippen molar-refractivity contribution in [2.45, 2.75) is 52.6 Å². The number of thiazole rings is 1. The molecule has 0 spiro atoms. The van der Waals surface area contributed by atoms with E-state index in [1.54, 1.807) is 11.3 Å². The van der Waals surface area contributed by atoms with Crippen molar-refractivity contribution in [2.24, 2.45) is 5.92 Å². The summed E-state index contributed by atoms with van der Waals surface area (Å²) in [5.74, 6) is -0.748. The maximum atomic E-state index is 11.0. The second kappa shape index (κ2) is 5.80. The molecule has 0 aliphatic rings. The predicted molar refractivity (Wildman–Crippen MR) is 73.9 cm³/mol. The largest absolute Gasteiger partial charge is 0.480 e. The Balaban J connectivity index is 2.63. The normalized spacial score (nSPS) is 13.9. The van der Waals surface area contributed by atoms with Crippen molar-refractivity contribution in [3.8, 4) is 0 Å². The molecule has 0 saturated carbocycles. The van der Waals surface area contributed by atoms with Crippen LogP contribution >= 0.6 is 11.3 Å². The SMILES string of the molecule is CC(C)C(NCc1nc(C(C)(C)C)cs1)C(=O)O. The Kier molecular flexibility index (Phi) is 4.87. The summed E-state index contributed by atoms with van der Waals surface area (Å²) in [4.78, 5) is 15.6. The molecule has 4 nitrogen and oxygen atoms in total. The van der Waals surface area contributed by atoms with E-state index in [0.29, 0.717) is 6.54 Å². The lowest BCUT2D eigenvalue weighted by Gasteiger charge is -2.17. The average molecular weight is 270 g/mol. The highest BCUT2D eigenvalue weighted by Gasteiger charge is 2.22. The van der Waals surface area contributed by atoms with Gasteiger partial charge in [-0.2, -0.15) is 0 Å². The first kappa shape index (κ1) is 15.1. The second-order valence-electron chi connectivity index (χ2n) is 5.82. The van der Waals surface area contributed by atoms with Gasteiger partial charge in [-0.15, -0.1) is 11.3 Å². The number of nitrogens with zero attached hydrogens (tertiary/aromatic N) is 1. The number of aromatic nitrogens is 1. The highest BCUT2D eigenvalue weighted by Crippen LogP contribution is 2.23. The molecule has 0 fully saturated rings. The van der Waals surface area contributed by atoms with Crippen LogP contribution in [0.1, 0.15) is 45.3 Å². The Hall–Kier alpha value is -0.940. The van der Waals surface area contributed by atoms with Crippen molar-refractivity contribution >= 4 is 17.3 Å². The third kappa shape index (κ3) is 4.07. The van der Waals surface area contributed by atoms with Crippen molar-refractivity contribution in [1.29, 1.82) is 0 Å². The molecule has 0 aliphatic heterocycles. The van der Waals surface area contributed by atoms with E-state index in [1.165, 1.54) is 0 Å². The first-order chi connectivity index (χ1) is 8.21. The zero-order valence-electron chi connectivity index (χ0n) is 11.7. The smallest absolute Gasteiger partial charge is 0.320 e. The van der Waals surface area contributed by atoms with Crippen LogP contribution in [0.3, 0.4) is 0 Å². The zero-order valence-corrected chi connectivity index (χ0v) is 12.5. The first-order valence-electron chi connectivity index (χ1n) is 6.13. The van der Waals surface area contributed by atoms with Crippen LogP contribution in [0.2, 0.25) is 0 Å². The summed E-state index contributed by atoms with van der Waals surface area (Å²) >= 11 is 1.58. The van der Waals surface area contributed by atoms with Crippen LogP contribution in [0.4, 0.5) is 0 Å². The van der Waals surface area contributed by atoms with Crippen LogP contribution in [-0.4, -0.2) is 22.1 Å². The number of nitrogens with one attached hydrogen (secondary N) is 1. The molecule has 102 valence electrons. The molecule has 1 aromatic heterocycles. The number of carboxylic acids is 1. The fourth-order valence-corrected chi connectivity index (χ4v) is 2.51. The minimum atomic E-state index is -0.808. The first-order valence-corrected chi connectivity index (χ1v) is 7.01. The molecule has 1 rings (SSSR count). The maximum absolute atomic E-state index is 11.0. The summed E-state index contributed by atoms with van der Waals surface area (Å²) in [7, 11) is 0. The number of hydrogen-bond acceptors (Lipinski definition) is 4. The van der Waals surface area contributed by atoms with Gasteiger partial charge in [0.2, 0.25) is 0 Å². The molecule has 0 amide bonds. The van der Waals surface area contributed by atoms with Crippen LogP contribution in [-0.2, 0) is 16.8 Å². The van der Waals surface area contributed by atoms with E-state index in [9.17, 15) is 4.79 Å². The highest BCUT2D eigenvalue weighted by molar-refractivity contribution is 7.09. The molecule has 1 unspecified atom stereocenters. The van der Waals surface area contributed by atoms with Gasteiger partial charge in [0, 0.05) is 17.3 Å². The molecule has 18 heavy (non-hydrogen) atoms. The summed E-state index contributed by atoms with van der Waals surface area (Å²) in [6.07, 6.45) is 0. The highest BCUT2D eigenvalue weighted by atomic mass is 32.1. The molecule has 0 bridgehead atoms. The molecule has 1 aromatic rings. The van der Waals surface area contributed by atoms with Crippen molar-refractivity contribution in [3.63, 3.8) is 0 Å². The van der Waals surface area contributed by atoms with Crippen LogP contribution in [0.15, 0.2) is 5.38 Å². The monoisotopic (exact) mass is 270 g/mol. The second-order valence-corrected chi connectivity index (χ2v) is 6.76. The lowest BCUT2D eigenvalue weighted by Crippen LogP contribution is -2.40. The van der Waals surface area contributed by atoms with Crippen molar-refractivity contribution in [3.05, 3.63) is 16.1 Å². The van der Waals surface area contributed by atoms with Crippen LogP contribution in [0.5, 0.6) is 0 Å². The van der Waals surface area contributed by atoms with Gasteiger partial charge in [0.15, 0.2) is 0 Å². The van der Waals surface area contributed by atoms with Crippen molar-refractivity contribution in [1.82, 2.24) is 10.3 Å². The molecule has 0 aromatic carbocycles. The summed E-state index contributed by atoms with van der Waals surface area (Å²) in [6.45, 7) is 10.7. The Morgan fingerprint density at radius 1 is 1.50 bits per heavy atom. The summed E-state index contributed by atoms with van der Waals surface area (Å²) < 4.78 is 0. The van der Waals surface area contributed by atoms with Gasteiger partial charge in [-0.3, -0.25) is 10.1 Å². The Bertz CT molecular complexity index is 407. The molecule has 2 N–H and O–H groups in total. The fourth-order valence-electron chi connectivity index (χ4n) is 1.54. The Morgan fingerprint density at radius 2 is 2.11 bits per heavy atom.